The number of ether oxygens (including phenoxy) is 2. The fourth-order valence-electron chi connectivity index (χ4n) is 1.45. The average Bonchev–Trinajstić information content (AvgIpc) is 2.45. The van der Waals surface area contributed by atoms with Crippen LogP contribution in [0.25, 0.3) is 0 Å². The Hall–Kier alpha value is -2.14. The van der Waals surface area contributed by atoms with Crippen LogP contribution in [-0.2, 0) is 4.74 Å². The van der Waals surface area contributed by atoms with Gasteiger partial charge in [-0.05, 0) is 25.1 Å². The molecule has 0 atom stereocenters. The van der Waals surface area contributed by atoms with Gasteiger partial charge in [0.05, 0.1) is 17.2 Å². The highest BCUT2D eigenvalue weighted by molar-refractivity contribution is 6.30. The highest BCUT2D eigenvalue weighted by atomic mass is 35.5. The monoisotopic (exact) mass is 295 g/mol. The van der Waals surface area contributed by atoms with Crippen LogP contribution in [0.1, 0.15) is 17.3 Å². The number of benzene rings is 1. The third kappa shape index (κ3) is 3.24. The van der Waals surface area contributed by atoms with Gasteiger partial charge < -0.3 is 9.47 Å². The van der Waals surface area contributed by atoms with Crippen LogP contribution in [0, 0.1) is 5.82 Å². The number of carbonyl (C=O) groups is 1. The van der Waals surface area contributed by atoms with Gasteiger partial charge in [0.15, 0.2) is 11.6 Å². The van der Waals surface area contributed by atoms with Crippen molar-refractivity contribution in [1.29, 1.82) is 0 Å². The molecule has 2 aromatic rings. The molecule has 1 heterocycles. The number of carbonyl (C=O) groups excluding carboxylic acids is 1. The van der Waals surface area contributed by atoms with Crippen molar-refractivity contribution in [1.82, 2.24) is 4.98 Å². The minimum Gasteiger partial charge on any atom is -0.462 e. The molecule has 0 amide bonds. The van der Waals surface area contributed by atoms with E-state index in [1.807, 2.05) is 0 Å². The van der Waals surface area contributed by atoms with Crippen molar-refractivity contribution < 1.29 is 18.7 Å². The first kappa shape index (κ1) is 14.3. The van der Waals surface area contributed by atoms with E-state index < -0.39 is 11.8 Å². The maximum Gasteiger partial charge on any atom is 0.339 e. The van der Waals surface area contributed by atoms with Gasteiger partial charge in [0, 0.05) is 12.3 Å². The molecular formula is C14H11ClFNO3. The van der Waals surface area contributed by atoms with E-state index in [0.29, 0.717) is 5.56 Å². The van der Waals surface area contributed by atoms with Crippen LogP contribution in [0.4, 0.5) is 4.39 Å². The second kappa shape index (κ2) is 6.34. The molecule has 20 heavy (non-hydrogen) atoms. The number of pyridine rings is 1. The maximum atomic E-state index is 13.6. The zero-order valence-corrected chi connectivity index (χ0v) is 11.4. The molecule has 2 rings (SSSR count). The van der Waals surface area contributed by atoms with Gasteiger partial charge in [-0.15, -0.1) is 0 Å². The van der Waals surface area contributed by atoms with E-state index in [9.17, 15) is 9.18 Å². The fourth-order valence-corrected chi connectivity index (χ4v) is 1.62. The first-order chi connectivity index (χ1) is 9.61. The third-order valence-corrected chi connectivity index (χ3v) is 2.67. The molecule has 0 fully saturated rings. The summed E-state index contributed by atoms with van der Waals surface area (Å²) in [6, 6.07) is 7.35. The Bertz CT molecular complexity index is 616. The van der Waals surface area contributed by atoms with Crippen LogP contribution in [0.5, 0.6) is 11.6 Å². The Labute approximate surface area is 120 Å². The first-order valence-corrected chi connectivity index (χ1v) is 6.24. The molecule has 0 unspecified atom stereocenters. The molecule has 0 saturated heterocycles. The predicted octanol–water partition coefficient (Wildman–Crippen LogP) is 3.84. The average molecular weight is 296 g/mol. The molecule has 0 aliphatic carbocycles. The minimum atomic E-state index is -0.662. The lowest BCUT2D eigenvalue weighted by atomic mass is 10.3. The van der Waals surface area contributed by atoms with Gasteiger partial charge in [-0.1, -0.05) is 17.7 Å². The molecule has 104 valence electrons. The van der Waals surface area contributed by atoms with E-state index >= 15 is 0 Å². The number of hydrogen-bond acceptors (Lipinski definition) is 4. The van der Waals surface area contributed by atoms with E-state index in [0.717, 1.165) is 0 Å². The summed E-state index contributed by atoms with van der Waals surface area (Å²) in [5, 5.41) is -0.0364. The highest BCUT2D eigenvalue weighted by Crippen LogP contribution is 2.27. The molecule has 6 heteroatoms. The van der Waals surface area contributed by atoms with Crippen molar-refractivity contribution in [3.05, 3.63) is 52.9 Å². The molecule has 0 aliphatic rings. The number of esters is 1. The molecule has 0 radical (unpaired) electrons. The second-order valence-corrected chi connectivity index (χ2v) is 4.17. The summed E-state index contributed by atoms with van der Waals surface area (Å²) in [4.78, 5) is 15.3. The van der Waals surface area contributed by atoms with Gasteiger partial charge in [0.1, 0.15) is 0 Å². The van der Waals surface area contributed by atoms with E-state index in [-0.39, 0.29) is 23.3 Å². The Morgan fingerprint density at radius 1 is 1.35 bits per heavy atom. The van der Waals surface area contributed by atoms with Crippen LogP contribution in [0.2, 0.25) is 5.02 Å². The van der Waals surface area contributed by atoms with Crippen LogP contribution >= 0.6 is 11.6 Å². The number of rotatable bonds is 4. The van der Waals surface area contributed by atoms with Crippen LogP contribution in [0.3, 0.4) is 0 Å². The van der Waals surface area contributed by atoms with Gasteiger partial charge in [-0.25, -0.2) is 14.2 Å². The molecule has 4 nitrogen and oxygen atoms in total. The van der Waals surface area contributed by atoms with Crippen molar-refractivity contribution in [2.45, 2.75) is 6.92 Å². The quantitative estimate of drug-likeness (QED) is 0.804. The summed E-state index contributed by atoms with van der Waals surface area (Å²) in [5.41, 5.74) is 0.297. The van der Waals surface area contributed by atoms with Crippen molar-refractivity contribution in [2.75, 3.05) is 6.61 Å². The Morgan fingerprint density at radius 3 is 2.80 bits per heavy atom. The molecular weight excluding hydrogens is 285 g/mol. The van der Waals surface area contributed by atoms with E-state index in [2.05, 4.69) is 4.98 Å². The largest absolute Gasteiger partial charge is 0.462 e. The van der Waals surface area contributed by atoms with E-state index in [4.69, 9.17) is 21.1 Å². The topological polar surface area (TPSA) is 48.4 Å². The summed E-state index contributed by atoms with van der Waals surface area (Å²) in [5.74, 6) is -1.01. The SMILES string of the molecule is CCOC(=O)c1ccc(Oc2cccc(Cl)c2F)nc1. The normalized spacial score (nSPS) is 10.2. The summed E-state index contributed by atoms with van der Waals surface area (Å²) in [6.07, 6.45) is 1.30. The van der Waals surface area contributed by atoms with Crippen LogP contribution in [0.15, 0.2) is 36.5 Å². The van der Waals surface area contributed by atoms with Gasteiger partial charge in [-0.2, -0.15) is 0 Å². The maximum absolute atomic E-state index is 13.6. The number of hydrogen-bond donors (Lipinski definition) is 0. The Morgan fingerprint density at radius 2 is 2.15 bits per heavy atom. The lowest BCUT2D eigenvalue weighted by Crippen LogP contribution is -2.05. The van der Waals surface area contributed by atoms with Gasteiger partial charge in [0.2, 0.25) is 5.88 Å². The van der Waals surface area contributed by atoms with Crippen molar-refractivity contribution in [2.24, 2.45) is 0 Å². The lowest BCUT2D eigenvalue weighted by molar-refractivity contribution is 0.0526. The third-order valence-electron chi connectivity index (χ3n) is 2.38. The zero-order valence-electron chi connectivity index (χ0n) is 10.6. The summed E-state index contributed by atoms with van der Waals surface area (Å²) < 4.78 is 23.7. The molecule has 0 saturated carbocycles. The van der Waals surface area contributed by atoms with Gasteiger partial charge >= 0.3 is 5.97 Å². The summed E-state index contributed by atoms with van der Waals surface area (Å²) >= 11 is 5.65. The zero-order chi connectivity index (χ0) is 14.5. The van der Waals surface area contributed by atoms with Gasteiger partial charge in [0.25, 0.3) is 0 Å². The van der Waals surface area contributed by atoms with Crippen molar-refractivity contribution >= 4 is 17.6 Å². The first-order valence-electron chi connectivity index (χ1n) is 5.87. The minimum absolute atomic E-state index is 0.0334. The standard InChI is InChI=1S/C14H11ClFNO3/c1-2-19-14(18)9-6-7-12(17-8-9)20-11-5-3-4-10(15)13(11)16/h3-8H,2H2,1H3. The van der Waals surface area contributed by atoms with Crippen molar-refractivity contribution in [3.63, 3.8) is 0 Å². The predicted molar refractivity (Wildman–Crippen MR) is 71.7 cm³/mol. The molecule has 0 spiro atoms. The Kier molecular flexibility index (Phi) is 4.53. The molecule has 0 N–H and O–H groups in total. The lowest BCUT2D eigenvalue weighted by Gasteiger charge is -2.07. The van der Waals surface area contributed by atoms with E-state index in [1.54, 1.807) is 13.0 Å². The molecule has 0 aliphatic heterocycles. The molecule has 1 aromatic carbocycles. The number of halogens is 2. The Balaban J connectivity index is 2.15. The number of aromatic nitrogens is 1. The fraction of sp³-hybridized carbons (Fsp3) is 0.143. The summed E-state index contributed by atoms with van der Waals surface area (Å²) in [7, 11) is 0. The molecule has 1 aromatic heterocycles. The smallest absolute Gasteiger partial charge is 0.339 e. The molecule has 0 bridgehead atoms. The van der Waals surface area contributed by atoms with Crippen molar-refractivity contribution in [3.8, 4) is 11.6 Å². The number of nitrogens with zero attached hydrogens (tertiary/aromatic N) is 1. The second-order valence-electron chi connectivity index (χ2n) is 3.76. The van der Waals surface area contributed by atoms with Crippen LogP contribution in [-0.4, -0.2) is 17.6 Å². The van der Waals surface area contributed by atoms with Gasteiger partial charge in [-0.3, -0.25) is 0 Å². The van der Waals surface area contributed by atoms with Crippen LogP contribution < -0.4 is 4.74 Å². The van der Waals surface area contributed by atoms with E-state index in [1.165, 1.54) is 30.5 Å². The summed E-state index contributed by atoms with van der Waals surface area (Å²) in [6.45, 7) is 2.00. The highest BCUT2D eigenvalue weighted by Gasteiger charge is 2.10.